The lowest BCUT2D eigenvalue weighted by Gasteiger charge is -2.21. The minimum Gasteiger partial charge on any atom is -0.299 e. The molecule has 0 aliphatic rings. The summed E-state index contributed by atoms with van der Waals surface area (Å²) in [6.07, 6.45) is 2.54. The van der Waals surface area contributed by atoms with Gasteiger partial charge in [-0.25, -0.2) is 4.98 Å². The molecule has 2 heteroatoms. The van der Waals surface area contributed by atoms with Crippen LogP contribution in [0.4, 0.5) is 0 Å². The first-order chi connectivity index (χ1) is 16.7. The Bertz CT molecular complexity index is 1160. The summed E-state index contributed by atoms with van der Waals surface area (Å²) in [6.45, 7) is -13.9. The maximum Gasteiger partial charge on any atom is 0.144 e. The monoisotopic (exact) mass is 318 g/mol. The van der Waals surface area contributed by atoms with Gasteiger partial charge < -0.3 is 0 Å². The van der Waals surface area contributed by atoms with E-state index >= 15 is 0 Å². The van der Waals surface area contributed by atoms with Gasteiger partial charge in [-0.2, -0.15) is 0 Å². The topological polar surface area (TPSA) is 17.8 Å². The van der Waals surface area contributed by atoms with E-state index in [9.17, 15) is 0 Å². The van der Waals surface area contributed by atoms with Crippen LogP contribution >= 0.6 is 0 Å². The highest BCUT2D eigenvalue weighted by Crippen LogP contribution is 2.33. The van der Waals surface area contributed by atoms with Gasteiger partial charge in [0, 0.05) is 37.1 Å². The second-order valence-corrected chi connectivity index (χ2v) is 4.94. The lowest BCUT2D eigenvalue weighted by molar-refractivity contribution is 0.807. The fourth-order valence-electron chi connectivity index (χ4n) is 2.49. The smallest absolute Gasteiger partial charge is 0.144 e. The van der Waals surface area contributed by atoms with Gasteiger partial charge >= 0.3 is 0 Å². The van der Waals surface area contributed by atoms with Crippen LogP contribution < -0.4 is 0 Å². The van der Waals surface area contributed by atoms with Gasteiger partial charge in [-0.15, -0.1) is 0 Å². The van der Waals surface area contributed by atoms with Crippen LogP contribution in [0.3, 0.4) is 0 Å². The highest BCUT2D eigenvalue weighted by Gasteiger charge is 2.18. The molecule has 0 spiro atoms. The molecule has 0 bridgehead atoms. The van der Waals surface area contributed by atoms with Crippen LogP contribution in [0.25, 0.3) is 17.1 Å². The van der Waals surface area contributed by atoms with E-state index in [2.05, 4.69) is 4.98 Å². The standard InChI is InChI=1S/C21H24N2/c1-15(2)18-11-8-12-19(16(3)4)20(18)23-14-13-22-21(23)17-9-6-5-7-10-17/h5-16H,1-4H3/i1D3,2D3,3D3,4D3,15D,16D. The number of hydrogen-bond acceptors (Lipinski definition) is 1. The molecule has 1 aromatic heterocycles. The number of aromatic nitrogens is 2. The van der Waals surface area contributed by atoms with Crippen molar-refractivity contribution < 1.29 is 19.2 Å². The van der Waals surface area contributed by atoms with Crippen molar-refractivity contribution >= 4 is 0 Å². The maximum absolute atomic E-state index is 8.79. The van der Waals surface area contributed by atoms with E-state index < -0.39 is 56.0 Å². The summed E-state index contributed by atoms with van der Waals surface area (Å²) in [5, 5.41) is 0. The van der Waals surface area contributed by atoms with Crippen molar-refractivity contribution in [1.29, 1.82) is 0 Å². The number of para-hydroxylation sites is 1. The van der Waals surface area contributed by atoms with E-state index in [4.69, 9.17) is 19.2 Å². The number of imidazole rings is 1. The zero-order valence-corrected chi connectivity index (χ0v) is 12.2. The second kappa shape index (κ2) is 6.41. The lowest BCUT2D eigenvalue weighted by atomic mass is 9.92. The molecule has 3 aromatic rings. The predicted molar refractivity (Wildman–Crippen MR) is 97.2 cm³/mol. The first-order valence-corrected chi connectivity index (χ1v) is 6.93. The van der Waals surface area contributed by atoms with E-state index in [1.165, 1.54) is 12.4 Å². The molecule has 0 aliphatic heterocycles. The summed E-state index contributed by atoms with van der Waals surface area (Å²) in [4.78, 5) is 4.24. The molecular formula is C21H24N2. The number of hydrogen-bond donors (Lipinski definition) is 0. The molecule has 3 rings (SSSR count). The van der Waals surface area contributed by atoms with Crippen molar-refractivity contribution in [3.63, 3.8) is 0 Å². The number of benzene rings is 2. The molecule has 0 N–H and O–H groups in total. The Morgan fingerprint density at radius 1 is 0.913 bits per heavy atom. The zero-order chi connectivity index (χ0) is 28.2. The molecule has 0 atom stereocenters. The van der Waals surface area contributed by atoms with Crippen LogP contribution in [0.15, 0.2) is 60.9 Å². The van der Waals surface area contributed by atoms with Crippen LogP contribution in [0.1, 0.15) is 69.5 Å². The average molecular weight is 319 g/mol. The number of rotatable bonds is 4. The van der Waals surface area contributed by atoms with Crippen molar-refractivity contribution in [3.05, 3.63) is 72.1 Å². The fourth-order valence-corrected chi connectivity index (χ4v) is 2.49. The molecule has 23 heavy (non-hydrogen) atoms. The molecule has 1 heterocycles. The number of nitrogens with zero attached hydrogens (tertiary/aromatic N) is 2. The fraction of sp³-hybridized carbons (Fsp3) is 0.286. The van der Waals surface area contributed by atoms with Gasteiger partial charge in [-0.05, 0) is 22.9 Å². The zero-order valence-electron chi connectivity index (χ0n) is 26.2. The summed E-state index contributed by atoms with van der Waals surface area (Å²) in [5.41, 5.74) is -1.45. The third kappa shape index (κ3) is 2.94. The van der Waals surface area contributed by atoms with Crippen LogP contribution in [-0.2, 0) is 0 Å². The SMILES string of the molecule is [2H]C([2H])([2H])C([2H])(c1cccc(C([2H])(C([2H])([2H])[2H])C([2H])([2H])[2H])c1-n1ccnc1-c1ccccc1)C([2H])([2H])[2H]. The van der Waals surface area contributed by atoms with E-state index in [-0.39, 0.29) is 5.82 Å². The van der Waals surface area contributed by atoms with Gasteiger partial charge in [0.2, 0.25) is 0 Å². The summed E-state index contributed by atoms with van der Waals surface area (Å²) in [5.74, 6) is -6.56. The quantitative estimate of drug-likeness (QED) is 0.595. The second-order valence-electron chi connectivity index (χ2n) is 4.94. The lowest BCUT2D eigenvalue weighted by Crippen LogP contribution is -2.07. The largest absolute Gasteiger partial charge is 0.299 e. The third-order valence-corrected chi connectivity index (χ3v) is 3.49. The van der Waals surface area contributed by atoms with E-state index in [1.807, 2.05) is 0 Å². The molecule has 118 valence electrons. The molecular weight excluding hydrogens is 280 g/mol. The van der Waals surface area contributed by atoms with Crippen LogP contribution in [-0.4, -0.2) is 9.55 Å². The Hall–Kier alpha value is -2.35. The molecule has 0 aliphatic carbocycles. The molecule has 0 amide bonds. The molecule has 2 nitrogen and oxygen atoms in total. The first-order valence-electron chi connectivity index (χ1n) is 13.9. The molecule has 0 unspecified atom stereocenters. The first kappa shape index (κ1) is 5.94. The van der Waals surface area contributed by atoms with Gasteiger partial charge in [0.15, 0.2) is 0 Å². The summed E-state index contributed by atoms with van der Waals surface area (Å²) < 4.78 is 115. The van der Waals surface area contributed by atoms with Crippen molar-refractivity contribution in [2.24, 2.45) is 0 Å². The Balaban J connectivity index is 2.62. The molecule has 0 fully saturated rings. The minimum atomic E-state index is -3.47. The summed E-state index contributed by atoms with van der Waals surface area (Å²) >= 11 is 0. The summed E-state index contributed by atoms with van der Waals surface area (Å²) in [6, 6.07) is 11.4. The average Bonchev–Trinajstić information content (AvgIpc) is 3.24. The maximum atomic E-state index is 8.79. The van der Waals surface area contributed by atoms with Gasteiger partial charge in [0.1, 0.15) is 5.82 Å². The van der Waals surface area contributed by atoms with Crippen LogP contribution in [0.5, 0.6) is 0 Å². The van der Waals surface area contributed by atoms with Crippen LogP contribution in [0, 0.1) is 0 Å². The Morgan fingerprint density at radius 3 is 2.17 bits per heavy atom. The molecule has 2 aromatic carbocycles. The highest BCUT2D eigenvalue weighted by molar-refractivity contribution is 5.62. The Kier molecular flexibility index (Phi) is 1.65. The van der Waals surface area contributed by atoms with Crippen molar-refractivity contribution in [1.82, 2.24) is 9.55 Å². The van der Waals surface area contributed by atoms with Gasteiger partial charge in [0.25, 0.3) is 0 Å². The van der Waals surface area contributed by atoms with Crippen LogP contribution in [0.2, 0.25) is 0 Å². The van der Waals surface area contributed by atoms with Crippen molar-refractivity contribution in [2.45, 2.75) is 39.2 Å². The Morgan fingerprint density at radius 2 is 1.57 bits per heavy atom. The normalized spacial score (nSPS) is 23.5. The van der Waals surface area contributed by atoms with Gasteiger partial charge in [0.05, 0.1) is 5.69 Å². The minimum absolute atomic E-state index is 0.0890. The molecule has 0 saturated heterocycles. The highest BCUT2D eigenvalue weighted by atomic mass is 15.1. The van der Waals surface area contributed by atoms with E-state index in [0.717, 1.165) is 22.8 Å². The van der Waals surface area contributed by atoms with E-state index in [0.29, 0.717) is 5.56 Å². The van der Waals surface area contributed by atoms with Crippen molar-refractivity contribution in [2.75, 3.05) is 0 Å². The van der Waals surface area contributed by atoms with E-state index in [1.54, 1.807) is 30.3 Å². The molecule has 0 radical (unpaired) electrons. The molecule has 0 saturated carbocycles. The predicted octanol–water partition coefficient (Wildman–Crippen LogP) is 5.79. The Labute approximate surface area is 158 Å². The van der Waals surface area contributed by atoms with Gasteiger partial charge in [-0.1, -0.05) is 75.9 Å². The van der Waals surface area contributed by atoms with Gasteiger partial charge in [-0.3, -0.25) is 4.57 Å². The third-order valence-electron chi connectivity index (χ3n) is 3.49. The van der Waals surface area contributed by atoms with Crippen molar-refractivity contribution in [3.8, 4) is 17.1 Å². The summed E-state index contributed by atoms with van der Waals surface area (Å²) in [7, 11) is 0.